The van der Waals surface area contributed by atoms with Gasteiger partial charge in [0.1, 0.15) is 5.60 Å². The van der Waals surface area contributed by atoms with Crippen molar-refractivity contribution in [1.82, 2.24) is 9.80 Å². The van der Waals surface area contributed by atoms with Crippen LogP contribution in [0.2, 0.25) is 0 Å². The summed E-state index contributed by atoms with van der Waals surface area (Å²) in [6.45, 7) is 10.3. The summed E-state index contributed by atoms with van der Waals surface area (Å²) in [7, 11) is 2.07. The topological polar surface area (TPSA) is 32.8 Å². The van der Waals surface area contributed by atoms with Gasteiger partial charge in [0.2, 0.25) is 0 Å². The quantitative estimate of drug-likeness (QED) is 0.654. The Kier molecular flexibility index (Phi) is 5.62. The van der Waals surface area contributed by atoms with Crippen molar-refractivity contribution >= 4 is 19.6 Å². The molecular formula is C11H24N2O2S. The fourth-order valence-electron chi connectivity index (χ4n) is 1.73. The fraction of sp³-hybridized carbons (Fsp3) is 0.909. The molecule has 16 heavy (non-hydrogen) atoms. The minimum atomic E-state index is -0.403. The highest BCUT2D eigenvalue weighted by Crippen LogP contribution is 2.14. The average Bonchev–Trinajstić information content (AvgIpc) is 1.99. The van der Waals surface area contributed by atoms with Crippen LogP contribution in [0.25, 0.3) is 0 Å². The van der Waals surface area contributed by atoms with Crippen LogP contribution in [-0.4, -0.2) is 54.2 Å². The number of rotatable bonds is 0. The highest BCUT2D eigenvalue weighted by atomic mass is 32.1. The number of hydrogen-bond acceptors (Lipinski definition) is 3. The Labute approximate surface area is 105 Å². The highest BCUT2D eigenvalue weighted by molar-refractivity contribution is 7.59. The summed E-state index contributed by atoms with van der Waals surface area (Å²) in [5.74, 6) is 0. The lowest BCUT2D eigenvalue weighted by Gasteiger charge is -2.38. The van der Waals surface area contributed by atoms with Crippen LogP contribution in [0.1, 0.15) is 27.7 Å². The Morgan fingerprint density at radius 1 is 1.31 bits per heavy atom. The van der Waals surface area contributed by atoms with Gasteiger partial charge < -0.3 is 14.5 Å². The van der Waals surface area contributed by atoms with Crippen LogP contribution in [0, 0.1) is 0 Å². The van der Waals surface area contributed by atoms with Gasteiger partial charge >= 0.3 is 6.09 Å². The lowest BCUT2D eigenvalue weighted by atomic mass is 10.2. The molecule has 4 nitrogen and oxygen atoms in total. The molecule has 0 aromatic carbocycles. The van der Waals surface area contributed by atoms with E-state index >= 15 is 0 Å². The molecule has 96 valence electrons. The molecule has 0 spiro atoms. The summed E-state index contributed by atoms with van der Waals surface area (Å²) in [4.78, 5) is 15.9. The molecule has 1 heterocycles. The van der Waals surface area contributed by atoms with E-state index in [0.717, 1.165) is 19.6 Å². The number of likely N-dealkylation sites (N-methyl/N-ethyl adjacent to an activating group) is 1. The van der Waals surface area contributed by atoms with Crippen molar-refractivity contribution in [2.75, 3.05) is 26.7 Å². The average molecular weight is 248 g/mol. The SMILES string of the molecule is C[C@H]1CN(C)CCN1C(=O)OC(C)(C)C.S. The minimum absolute atomic E-state index is 0. The molecule has 0 saturated carbocycles. The van der Waals surface area contributed by atoms with Gasteiger partial charge in [0.25, 0.3) is 0 Å². The van der Waals surface area contributed by atoms with Crippen LogP contribution in [-0.2, 0) is 4.74 Å². The predicted molar refractivity (Wildman–Crippen MR) is 70.3 cm³/mol. The van der Waals surface area contributed by atoms with Crippen molar-refractivity contribution in [2.45, 2.75) is 39.3 Å². The van der Waals surface area contributed by atoms with Gasteiger partial charge in [-0.1, -0.05) is 0 Å². The number of carbonyl (C=O) groups excluding carboxylic acids is 1. The molecule has 1 atom stereocenters. The second kappa shape index (κ2) is 5.77. The first-order valence-electron chi connectivity index (χ1n) is 5.48. The van der Waals surface area contributed by atoms with Crippen LogP contribution in [0.4, 0.5) is 4.79 Å². The molecule has 1 amide bonds. The summed E-state index contributed by atoms with van der Waals surface area (Å²) >= 11 is 0. The van der Waals surface area contributed by atoms with Gasteiger partial charge in [-0.05, 0) is 34.7 Å². The predicted octanol–water partition coefficient (Wildman–Crippen LogP) is 1.67. The third-order valence-corrected chi connectivity index (χ3v) is 2.46. The maximum Gasteiger partial charge on any atom is 0.410 e. The van der Waals surface area contributed by atoms with E-state index in [-0.39, 0.29) is 25.6 Å². The van der Waals surface area contributed by atoms with Gasteiger partial charge in [0.15, 0.2) is 0 Å². The van der Waals surface area contributed by atoms with Gasteiger partial charge in [-0.3, -0.25) is 0 Å². The van der Waals surface area contributed by atoms with Crippen LogP contribution < -0.4 is 0 Å². The maximum atomic E-state index is 11.8. The van der Waals surface area contributed by atoms with Gasteiger partial charge in [0, 0.05) is 25.7 Å². The van der Waals surface area contributed by atoms with E-state index in [9.17, 15) is 4.79 Å². The number of hydrogen-bond donors (Lipinski definition) is 0. The molecule has 1 aliphatic rings. The molecule has 0 bridgehead atoms. The molecular weight excluding hydrogens is 224 g/mol. The Hall–Kier alpha value is -0.420. The molecule has 0 aromatic rings. The molecule has 1 saturated heterocycles. The van der Waals surface area contributed by atoms with Crippen molar-refractivity contribution in [3.63, 3.8) is 0 Å². The molecule has 5 heteroatoms. The molecule has 1 fully saturated rings. The van der Waals surface area contributed by atoms with Crippen molar-refractivity contribution in [2.24, 2.45) is 0 Å². The summed E-state index contributed by atoms with van der Waals surface area (Å²) in [5, 5.41) is 0. The zero-order valence-corrected chi connectivity index (χ0v) is 11.9. The second-order valence-corrected chi connectivity index (χ2v) is 5.29. The smallest absolute Gasteiger partial charge is 0.410 e. The minimum Gasteiger partial charge on any atom is -0.444 e. The summed E-state index contributed by atoms with van der Waals surface area (Å²) in [6, 6.07) is 0.235. The Balaban J connectivity index is 0.00000225. The van der Waals surface area contributed by atoms with Crippen molar-refractivity contribution in [1.29, 1.82) is 0 Å². The number of amides is 1. The van der Waals surface area contributed by atoms with Crippen LogP contribution >= 0.6 is 13.5 Å². The van der Waals surface area contributed by atoms with Gasteiger partial charge in [-0.25, -0.2) is 4.79 Å². The molecule has 0 aliphatic carbocycles. The van der Waals surface area contributed by atoms with Crippen LogP contribution in [0.3, 0.4) is 0 Å². The molecule has 1 aliphatic heterocycles. The van der Waals surface area contributed by atoms with E-state index in [1.165, 1.54) is 0 Å². The fourth-order valence-corrected chi connectivity index (χ4v) is 1.73. The zero-order valence-electron chi connectivity index (χ0n) is 10.9. The standard InChI is InChI=1S/C11H22N2O2.H2S/c1-9-8-12(5)6-7-13(9)10(14)15-11(2,3)4;/h9H,6-8H2,1-5H3;1H2/t9-;/m0./s1. The van der Waals surface area contributed by atoms with Crippen LogP contribution in [0.5, 0.6) is 0 Å². The van der Waals surface area contributed by atoms with E-state index < -0.39 is 5.60 Å². The van der Waals surface area contributed by atoms with Crippen molar-refractivity contribution in [3.8, 4) is 0 Å². The van der Waals surface area contributed by atoms with Gasteiger partial charge in [-0.2, -0.15) is 13.5 Å². The zero-order chi connectivity index (χ0) is 11.6. The van der Waals surface area contributed by atoms with Gasteiger partial charge in [0.05, 0.1) is 0 Å². The summed E-state index contributed by atoms with van der Waals surface area (Å²) < 4.78 is 5.35. The molecule has 1 rings (SSSR count). The van der Waals surface area contributed by atoms with E-state index in [4.69, 9.17) is 4.74 Å². The number of nitrogens with zero attached hydrogens (tertiary/aromatic N) is 2. The van der Waals surface area contributed by atoms with Gasteiger partial charge in [-0.15, -0.1) is 0 Å². The first kappa shape index (κ1) is 15.6. The first-order chi connectivity index (χ1) is 6.79. The monoisotopic (exact) mass is 248 g/mol. The highest BCUT2D eigenvalue weighted by Gasteiger charge is 2.29. The Bertz CT molecular complexity index is 241. The molecule has 0 radical (unpaired) electrons. The number of piperazine rings is 1. The van der Waals surface area contributed by atoms with Crippen molar-refractivity contribution in [3.05, 3.63) is 0 Å². The van der Waals surface area contributed by atoms with Crippen LogP contribution in [0.15, 0.2) is 0 Å². The third kappa shape index (κ3) is 4.61. The number of ether oxygens (including phenoxy) is 1. The maximum absolute atomic E-state index is 11.8. The molecule has 0 aromatic heterocycles. The second-order valence-electron chi connectivity index (χ2n) is 5.29. The third-order valence-electron chi connectivity index (χ3n) is 2.46. The lowest BCUT2D eigenvalue weighted by molar-refractivity contribution is 0.00431. The van der Waals surface area contributed by atoms with Crippen molar-refractivity contribution < 1.29 is 9.53 Å². The normalized spacial score (nSPS) is 22.6. The molecule has 0 N–H and O–H groups in total. The summed E-state index contributed by atoms with van der Waals surface area (Å²) in [5.41, 5.74) is -0.403. The van der Waals surface area contributed by atoms with E-state index in [1.807, 2.05) is 25.7 Å². The Morgan fingerprint density at radius 2 is 1.88 bits per heavy atom. The van der Waals surface area contributed by atoms with E-state index in [0.29, 0.717) is 0 Å². The largest absolute Gasteiger partial charge is 0.444 e. The number of carbonyl (C=O) groups is 1. The Morgan fingerprint density at radius 3 is 2.31 bits per heavy atom. The summed E-state index contributed by atoms with van der Waals surface area (Å²) in [6.07, 6.45) is -0.192. The first-order valence-corrected chi connectivity index (χ1v) is 5.48. The van der Waals surface area contributed by atoms with E-state index in [2.05, 4.69) is 18.9 Å². The lowest BCUT2D eigenvalue weighted by Crippen LogP contribution is -2.53. The van der Waals surface area contributed by atoms with E-state index in [1.54, 1.807) is 0 Å². The molecule has 0 unspecified atom stereocenters.